The number of hydrogen-bond acceptors (Lipinski definition) is 4. The predicted octanol–water partition coefficient (Wildman–Crippen LogP) is 2.55. The summed E-state index contributed by atoms with van der Waals surface area (Å²) >= 11 is 0. The van der Waals surface area contributed by atoms with Gasteiger partial charge in [0.15, 0.2) is 9.84 Å². The van der Waals surface area contributed by atoms with Gasteiger partial charge in [-0.25, -0.2) is 12.8 Å². The van der Waals surface area contributed by atoms with Crippen molar-refractivity contribution in [1.82, 2.24) is 4.98 Å². The molecule has 2 N–H and O–H groups in total. The van der Waals surface area contributed by atoms with E-state index >= 15 is 0 Å². The molecular formula is C17H15FN2O3S. The van der Waals surface area contributed by atoms with E-state index in [9.17, 15) is 17.6 Å². The Labute approximate surface area is 138 Å². The number of aromatic nitrogens is 1. The summed E-state index contributed by atoms with van der Waals surface area (Å²) in [7, 11) is -3.44. The minimum atomic E-state index is -3.44. The van der Waals surface area contributed by atoms with E-state index in [4.69, 9.17) is 0 Å². The number of anilines is 1. The van der Waals surface area contributed by atoms with Crippen LogP contribution in [0.1, 0.15) is 0 Å². The van der Waals surface area contributed by atoms with Crippen LogP contribution in [0.4, 0.5) is 10.1 Å². The van der Waals surface area contributed by atoms with Gasteiger partial charge < -0.3 is 10.3 Å². The van der Waals surface area contributed by atoms with E-state index in [-0.39, 0.29) is 28.4 Å². The third-order valence-electron chi connectivity index (χ3n) is 3.60. The molecule has 0 aliphatic heterocycles. The lowest BCUT2D eigenvalue weighted by Crippen LogP contribution is -2.16. The van der Waals surface area contributed by atoms with Crippen LogP contribution in [0.15, 0.2) is 64.3 Å². The van der Waals surface area contributed by atoms with Gasteiger partial charge in [-0.15, -0.1) is 0 Å². The summed E-state index contributed by atoms with van der Waals surface area (Å²) in [5.74, 6) is -0.675. The number of pyridine rings is 1. The van der Waals surface area contributed by atoms with Gasteiger partial charge in [0.1, 0.15) is 5.82 Å². The number of rotatable bonds is 5. The predicted molar refractivity (Wildman–Crippen MR) is 91.5 cm³/mol. The molecule has 0 saturated heterocycles. The van der Waals surface area contributed by atoms with Gasteiger partial charge in [0.05, 0.1) is 21.9 Å². The van der Waals surface area contributed by atoms with Crippen molar-refractivity contribution in [3.63, 3.8) is 0 Å². The second-order valence-corrected chi connectivity index (χ2v) is 7.41. The maximum absolute atomic E-state index is 14.1. The molecule has 0 bridgehead atoms. The molecule has 5 nitrogen and oxygen atoms in total. The van der Waals surface area contributed by atoms with Gasteiger partial charge in [-0.1, -0.05) is 18.2 Å². The third-order valence-corrected chi connectivity index (χ3v) is 5.33. The summed E-state index contributed by atoms with van der Waals surface area (Å²) < 4.78 is 38.4. The first-order chi connectivity index (χ1) is 11.5. The molecule has 0 aliphatic carbocycles. The highest BCUT2D eigenvalue weighted by Gasteiger charge is 2.14. The van der Waals surface area contributed by atoms with Gasteiger partial charge in [0.2, 0.25) is 5.56 Å². The zero-order valence-electron chi connectivity index (χ0n) is 12.6. The smallest absolute Gasteiger partial charge is 0.248 e. The standard InChI is InChI=1S/C17H15FN2O3S/c18-14-10-12-6-7-17(21)20-15(12)11-16(14)19-8-9-24(22,23)13-4-2-1-3-5-13/h1-7,10-11,19H,8-9H2,(H,20,21). The van der Waals surface area contributed by atoms with Crippen molar-refractivity contribution in [3.8, 4) is 0 Å². The van der Waals surface area contributed by atoms with Crippen molar-refractivity contribution in [3.05, 3.63) is 70.8 Å². The van der Waals surface area contributed by atoms with Gasteiger partial charge >= 0.3 is 0 Å². The quantitative estimate of drug-likeness (QED) is 0.744. The fourth-order valence-corrected chi connectivity index (χ4v) is 3.55. The Morgan fingerprint density at radius 3 is 2.54 bits per heavy atom. The summed E-state index contributed by atoms with van der Waals surface area (Å²) in [6, 6.07) is 13.7. The number of fused-ring (bicyclic) bond motifs is 1. The van der Waals surface area contributed by atoms with Crippen LogP contribution in [0, 0.1) is 5.82 Å². The molecule has 124 valence electrons. The zero-order valence-corrected chi connectivity index (χ0v) is 13.4. The van der Waals surface area contributed by atoms with E-state index in [0.717, 1.165) is 0 Å². The Balaban J connectivity index is 1.76. The summed E-state index contributed by atoms with van der Waals surface area (Å²) in [6.07, 6.45) is 0. The number of H-pyrrole nitrogens is 1. The van der Waals surface area contributed by atoms with Crippen LogP contribution in [0.5, 0.6) is 0 Å². The molecule has 0 amide bonds. The molecular weight excluding hydrogens is 331 g/mol. The fraction of sp³-hybridized carbons (Fsp3) is 0.118. The highest BCUT2D eigenvalue weighted by Crippen LogP contribution is 2.20. The summed E-state index contributed by atoms with van der Waals surface area (Å²) in [5.41, 5.74) is 0.344. The van der Waals surface area contributed by atoms with Gasteiger partial charge in [0.25, 0.3) is 0 Å². The van der Waals surface area contributed by atoms with Crippen molar-refractivity contribution < 1.29 is 12.8 Å². The molecule has 0 fully saturated rings. The lowest BCUT2D eigenvalue weighted by molar-refractivity contribution is 0.596. The SMILES string of the molecule is O=c1ccc2cc(F)c(NCCS(=O)(=O)c3ccccc3)cc2[nH]1. The van der Waals surface area contributed by atoms with Gasteiger partial charge in [-0.3, -0.25) is 4.79 Å². The maximum atomic E-state index is 14.1. The minimum Gasteiger partial charge on any atom is -0.382 e. The lowest BCUT2D eigenvalue weighted by Gasteiger charge is -2.09. The second-order valence-electron chi connectivity index (χ2n) is 5.30. The largest absolute Gasteiger partial charge is 0.382 e. The summed E-state index contributed by atoms with van der Waals surface area (Å²) in [6.45, 7) is 0.0523. The first-order valence-electron chi connectivity index (χ1n) is 7.30. The van der Waals surface area contributed by atoms with Crippen LogP contribution in [0.3, 0.4) is 0 Å². The normalized spacial score (nSPS) is 11.5. The van der Waals surface area contributed by atoms with Crippen molar-refractivity contribution in [2.24, 2.45) is 0 Å². The minimum absolute atomic E-state index is 0.0523. The molecule has 0 unspecified atom stereocenters. The summed E-state index contributed by atoms with van der Waals surface area (Å²) in [4.78, 5) is 14.2. The molecule has 1 heterocycles. The molecule has 0 aliphatic rings. The van der Waals surface area contributed by atoms with Crippen LogP contribution < -0.4 is 10.9 Å². The number of aromatic amines is 1. The number of nitrogens with one attached hydrogen (secondary N) is 2. The number of sulfone groups is 1. The fourth-order valence-electron chi connectivity index (χ4n) is 2.38. The number of benzene rings is 2. The van der Waals surface area contributed by atoms with E-state index < -0.39 is 15.7 Å². The molecule has 24 heavy (non-hydrogen) atoms. The second kappa shape index (κ2) is 6.45. The Bertz CT molecular complexity index is 1030. The van der Waals surface area contributed by atoms with Crippen LogP contribution in [-0.2, 0) is 9.84 Å². The Kier molecular flexibility index (Phi) is 4.35. The molecule has 2 aromatic carbocycles. The average Bonchev–Trinajstić information content (AvgIpc) is 2.56. The monoisotopic (exact) mass is 346 g/mol. The van der Waals surface area contributed by atoms with Gasteiger partial charge in [-0.2, -0.15) is 0 Å². The highest BCUT2D eigenvalue weighted by atomic mass is 32.2. The van der Waals surface area contributed by atoms with E-state index in [1.807, 2.05) is 0 Å². The van der Waals surface area contributed by atoms with Gasteiger partial charge in [0, 0.05) is 18.0 Å². The number of hydrogen-bond donors (Lipinski definition) is 2. The molecule has 7 heteroatoms. The van der Waals surface area contributed by atoms with E-state index in [0.29, 0.717) is 10.9 Å². The molecule has 1 aromatic heterocycles. The lowest BCUT2D eigenvalue weighted by atomic mass is 10.2. The van der Waals surface area contributed by atoms with Gasteiger partial charge in [-0.05, 0) is 30.3 Å². The van der Waals surface area contributed by atoms with E-state index in [1.165, 1.54) is 36.4 Å². The third kappa shape index (κ3) is 3.46. The van der Waals surface area contributed by atoms with Crippen molar-refractivity contribution in [2.75, 3.05) is 17.6 Å². The Morgan fingerprint density at radius 2 is 1.79 bits per heavy atom. The van der Waals surface area contributed by atoms with Crippen LogP contribution in [-0.4, -0.2) is 25.7 Å². The summed E-state index contributed by atoms with van der Waals surface area (Å²) in [5, 5.41) is 3.34. The Hall–Kier alpha value is -2.67. The molecule has 3 aromatic rings. The Morgan fingerprint density at radius 1 is 1.04 bits per heavy atom. The van der Waals surface area contributed by atoms with Crippen molar-refractivity contribution >= 4 is 26.4 Å². The van der Waals surface area contributed by atoms with Crippen molar-refractivity contribution in [2.45, 2.75) is 4.90 Å². The molecule has 0 spiro atoms. The maximum Gasteiger partial charge on any atom is 0.248 e. The zero-order chi connectivity index (χ0) is 17.2. The molecule has 0 saturated carbocycles. The first kappa shape index (κ1) is 16.2. The topological polar surface area (TPSA) is 79.0 Å². The molecule has 0 atom stereocenters. The number of halogens is 1. The van der Waals surface area contributed by atoms with E-state index in [2.05, 4.69) is 10.3 Å². The van der Waals surface area contributed by atoms with E-state index in [1.54, 1.807) is 18.2 Å². The highest BCUT2D eigenvalue weighted by molar-refractivity contribution is 7.91. The van der Waals surface area contributed by atoms with Crippen LogP contribution in [0.2, 0.25) is 0 Å². The first-order valence-corrected chi connectivity index (χ1v) is 8.95. The average molecular weight is 346 g/mol. The molecule has 0 radical (unpaired) electrons. The van der Waals surface area contributed by atoms with Crippen LogP contribution in [0.25, 0.3) is 10.9 Å². The molecule has 3 rings (SSSR count). The van der Waals surface area contributed by atoms with Crippen molar-refractivity contribution in [1.29, 1.82) is 0 Å². The van der Waals surface area contributed by atoms with Crippen LogP contribution >= 0.6 is 0 Å².